The first-order valence-electron chi connectivity index (χ1n) is 21.0. The second kappa shape index (κ2) is 29.6. The van der Waals surface area contributed by atoms with Crippen LogP contribution in [0.5, 0.6) is 5.75 Å². The van der Waals surface area contributed by atoms with Gasteiger partial charge in [0.1, 0.15) is 19.0 Å². The molecule has 322 valence electrons. The predicted molar refractivity (Wildman–Crippen MR) is 214 cm³/mol. The predicted octanol–water partition coefficient (Wildman–Crippen LogP) is 11.1. The number of methoxy groups -OCH3 is 2. The van der Waals surface area contributed by atoms with E-state index in [1.54, 1.807) is 7.11 Å². The van der Waals surface area contributed by atoms with Gasteiger partial charge in [0.25, 0.3) is 5.60 Å². The van der Waals surface area contributed by atoms with Crippen molar-refractivity contribution in [1.29, 1.82) is 0 Å². The Morgan fingerprint density at radius 1 is 0.614 bits per heavy atom. The Kier molecular flexibility index (Phi) is 25.7. The van der Waals surface area contributed by atoms with Gasteiger partial charge in [-0.05, 0) is 37.0 Å². The second-order valence-electron chi connectivity index (χ2n) is 14.6. The van der Waals surface area contributed by atoms with Crippen LogP contribution >= 0.6 is 0 Å². The number of carbonyl (C=O) groups excluding carboxylic acids is 3. The van der Waals surface area contributed by atoms with Crippen LogP contribution in [0, 0.1) is 0 Å². The first-order valence-corrected chi connectivity index (χ1v) is 21.0. The molecule has 0 unspecified atom stereocenters. The standard InChI is InChI=1S/C45H67F3O9/c1-4-5-6-7-8-9-10-11-12-13-14-15-16-17-22-27-41(49)55-35-40(36-56-43(51)44(53-3,45(46,47)48)38-25-20-18-21-26-38)57-42(50)28-23-19-24-33-54-34-37-29-31-39(52-2)32-30-37/h18,20-21,25-26,29-32,40H,4-17,19,22-24,27-28,33-36H2,1-3H3/t40-,44-/m1/s1. The molecule has 0 aliphatic heterocycles. The molecule has 0 amide bonds. The summed E-state index contributed by atoms with van der Waals surface area (Å²) in [5.41, 5.74) is -2.88. The molecule has 0 saturated carbocycles. The maximum atomic E-state index is 14.4. The van der Waals surface area contributed by atoms with Gasteiger partial charge in [-0.1, -0.05) is 146 Å². The van der Waals surface area contributed by atoms with Crippen LogP contribution in [0.1, 0.15) is 146 Å². The minimum Gasteiger partial charge on any atom is -0.497 e. The summed E-state index contributed by atoms with van der Waals surface area (Å²) in [6.07, 6.45) is 13.3. The molecule has 0 saturated heterocycles. The van der Waals surface area contributed by atoms with Gasteiger partial charge in [-0.25, -0.2) is 4.79 Å². The van der Waals surface area contributed by atoms with Crippen LogP contribution in [-0.2, 0) is 50.3 Å². The van der Waals surface area contributed by atoms with E-state index in [2.05, 4.69) is 6.92 Å². The normalized spacial score (nSPS) is 13.1. The van der Waals surface area contributed by atoms with Crippen LogP contribution in [0.25, 0.3) is 0 Å². The van der Waals surface area contributed by atoms with Gasteiger partial charge in [0.2, 0.25) is 0 Å². The Balaban J connectivity index is 1.79. The average molecular weight is 809 g/mol. The zero-order chi connectivity index (χ0) is 41.6. The third-order valence-electron chi connectivity index (χ3n) is 9.88. The van der Waals surface area contributed by atoms with Gasteiger partial charge >= 0.3 is 24.1 Å². The lowest BCUT2D eigenvalue weighted by atomic mass is 9.93. The number of hydrogen-bond acceptors (Lipinski definition) is 9. The molecule has 0 spiro atoms. The van der Waals surface area contributed by atoms with Crippen molar-refractivity contribution < 1.29 is 56.0 Å². The summed E-state index contributed by atoms with van der Waals surface area (Å²) in [6.45, 7) is 1.91. The van der Waals surface area contributed by atoms with Gasteiger partial charge in [0, 0.05) is 32.1 Å². The van der Waals surface area contributed by atoms with E-state index in [1.807, 2.05) is 24.3 Å². The maximum absolute atomic E-state index is 14.4. The highest BCUT2D eigenvalue weighted by Crippen LogP contribution is 2.43. The lowest BCUT2D eigenvalue weighted by molar-refractivity contribution is -0.277. The number of benzene rings is 2. The van der Waals surface area contributed by atoms with E-state index in [0.29, 0.717) is 38.9 Å². The zero-order valence-corrected chi connectivity index (χ0v) is 34.6. The van der Waals surface area contributed by atoms with Crippen LogP contribution in [0.15, 0.2) is 54.6 Å². The number of rotatable bonds is 33. The van der Waals surface area contributed by atoms with Crippen molar-refractivity contribution in [3.63, 3.8) is 0 Å². The molecule has 0 aliphatic carbocycles. The topological polar surface area (TPSA) is 107 Å². The minimum atomic E-state index is -5.18. The maximum Gasteiger partial charge on any atom is 0.432 e. The molecule has 2 atom stereocenters. The number of halogens is 3. The van der Waals surface area contributed by atoms with Gasteiger partial charge in [-0.15, -0.1) is 0 Å². The lowest BCUT2D eigenvalue weighted by Crippen LogP contribution is -2.52. The number of unbranched alkanes of at least 4 members (excludes halogenated alkanes) is 16. The van der Waals surface area contributed by atoms with Gasteiger partial charge in [0.05, 0.1) is 13.7 Å². The molecule has 0 radical (unpaired) electrons. The van der Waals surface area contributed by atoms with Crippen molar-refractivity contribution in [2.45, 2.75) is 160 Å². The van der Waals surface area contributed by atoms with Gasteiger partial charge in [0.15, 0.2) is 6.10 Å². The number of esters is 3. The van der Waals surface area contributed by atoms with Crippen molar-refractivity contribution in [2.75, 3.05) is 34.0 Å². The molecule has 2 rings (SSSR count). The van der Waals surface area contributed by atoms with E-state index in [0.717, 1.165) is 49.8 Å². The molecule has 0 aromatic heterocycles. The van der Waals surface area contributed by atoms with Crippen LogP contribution in [0.4, 0.5) is 13.2 Å². The third-order valence-corrected chi connectivity index (χ3v) is 9.88. The number of alkyl halides is 3. The Morgan fingerprint density at radius 2 is 1.12 bits per heavy atom. The second-order valence-corrected chi connectivity index (χ2v) is 14.6. The smallest absolute Gasteiger partial charge is 0.432 e. The van der Waals surface area contributed by atoms with Gasteiger partial charge in [-0.3, -0.25) is 9.59 Å². The molecule has 0 bridgehead atoms. The molecule has 9 nitrogen and oxygen atoms in total. The highest BCUT2D eigenvalue weighted by atomic mass is 19.4. The van der Waals surface area contributed by atoms with E-state index >= 15 is 0 Å². The molecule has 2 aromatic carbocycles. The summed E-state index contributed by atoms with van der Waals surface area (Å²) in [5.74, 6) is -2.16. The summed E-state index contributed by atoms with van der Waals surface area (Å²) in [4.78, 5) is 38.5. The summed E-state index contributed by atoms with van der Waals surface area (Å²) < 4.78 is 74.8. The molecule has 0 aliphatic rings. The third kappa shape index (κ3) is 20.1. The average Bonchev–Trinajstić information content (AvgIpc) is 3.20. The fourth-order valence-corrected chi connectivity index (χ4v) is 6.48. The SMILES string of the molecule is CCCCCCCCCCCCCCCCCC(=O)OC[C@H](COC(=O)[C@](OC)(c1ccccc1)C(F)(F)F)OC(=O)CCCCCOCc1ccc(OC)cc1. The highest BCUT2D eigenvalue weighted by molar-refractivity contribution is 5.82. The first kappa shape index (κ1) is 49.5. The molecule has 0 N–H and O–H groups in total. The highest BCUT2D eigenvalue weighted by Gasteiger charge is 2.64. The van der Waals surface area contributed by atoms with Crippen molar-refractivity contribution in [2.24, 2.45) is 0 Å². The molecule has 0 heterocycles. The molecule has 0 fully saturated rings. The number of ether oxygens (including phenoxy) is 6. The zero-order valence-electron chi connectivity index (χ0n) is 34.6. The van der Waals surface area contributed by atoms with Crippen molar-refractivity contribution in [3.05, 3.63) is 65.7 Å². The lowest BCUT2D eigenvalue weighted by Gasteiger charge is -2.32. The van der Waals surface area contributed by atoms with E-state index in [9.17, 15) is 27.6 Å². The summed E-state index contributed by atoms with van der Waals surface area (Å²) in [6, 6.07) is 14.0. The molecular formula is C45H67F3O9. The quantitative estimate of drug-likeness (QED) is 0.0396. The minimum absolute atomic E-state index is 0.00454. The van der Waals surface area contributed by atoms with Crippen LogP contribution in [-0.4, -0.2) is 64.2 Å². The van der Waals surface area contributed by atoms with Crippen molar-refractivity contribution in [3.8, 4) is 5.75 Å². The first-order chi connectivity index (χ1) is 27.6. The van der Waals surface area contributed by atoms with Crippen molar-refractivity contribution >= 4 is 17.9 Å². The fourth-order valence-electron chi connectivity index (χ4n) is 6.48. The monoisotopic (exact) mass is 808 g/mol. The van der Waals surface area contributed by atoms with E-state index in [1.165, 1.54) is 88.8 Å². The Hall–Kier alpha value is -3.64. The Bertz CT molecular complexity index is 1350. The van der Waals surface area contributed by atoms with E-state index in [4.69, 9.17) is 28.4 Å². The van der Waals surface area contributed by atoms with Crippen molar-refractivity contribution in [1.82, 2.24) is 0 Å². The number of carbonyl (C=O) groups is 3. The van der Waals surface area contributed by atoms with Gasteiger partial charge in [-0.2, -0.15) is 13.2 Å². The Labute approximate surface area is 338 Å². The summed E-state index contributed by atoms with van der Waals surface area (Å²) >= 11 is 0. The summed E-state index contributed by atoms with van der Waals surface area (Å²) in [7, 11) is 2.37. The van der Waals surface area contributed by atoms with Crippen LogP contribution in [0.2, 0.25) is 0 Å². The molecule has 12 heteroatoms. The fraction of sp³-hybridized carbons (Fsp3) is 0.667. The molecule has 2 aromatic rings. The van der Waals surface area contributed by atoms with Crippen LogP contribution in [0.3, 0.4) is 0 Å². The Morgan fingerprint density at radius 3 is 1.65 bits per heavy atom. The van der Waals surface area contributed by atoms with Gasteiger partial charge < -0.3 is 28.4 Å². The van der Waals surface area contributed by atoms with E-state index < -0.39 is 54.6 Å². The van der Waals surface area contributed by atoms with E-state index in [-0.39, 0.29) is 12.8 Å². The number of hydrogen-bond donors (Lipinski definition) is 0. The summed E-state index contributed by atoms with van der Waals surface area (Å²) in [5, 5.41) is 0. The molecule has 57 heavy (non-hydrogen) atoms. The van der Waals surface area contributed by atoms with Crippen LogP contribution < -0.4 is 4.74 Å². The molecular weight excluding hydrogens is 741 g/mol. The largest absolute Gasteiger partial charge is 0.497 e.